The van der Waals surface area contributed by atoms with Crippen LogP contribution >= 0.6 is 15.8 Å². The average Bonchev–Trinajstić information content (AvgIpc) is 4.34. The van der Waals surface area contributed by atoms with Gasteiger partial charge in [0.05, 0.1) is 0 Å². The molecule has 5 heteroatoms. The minimum Gasteiger partial charge on any atom is -0.358 e. The maximum atomic E-state index is 2.45. The molecule has 7 aromatic rings. The summed E-state index contributed by atoms with van der Waals surface area (Å²) in [6, 6.07) is 76.7. The van der Waals surface area contributed by atoms with Crippen molar-refractivity contribution in [1.29, 1.82) is 0 Å². The van der Waals surface area contributed by atoms with Crippen molar-refractivity contribution in [2.75, 3.05) is 14.1 Å². The molecule has 1 nitrogen and oxygen atoms in total. The smallest absolute Gasteiger partial charge is 0.358 e. The largest absolute Gasteiger partial charge is 2.00 e. The molecule has 11 rings (SSSR count). The topological polar surface area (TPSA) is 3.24 Å². The van der Waals surface area contributed by atoms with Crippen molar-refractivity contribution in [1.82, 2.24) is 4.90 Å². The Kier molecular flexibility index (Phi) is 34.7. The maximum Gasteiger partial charge on any atom is 2.00 e. The second-order valence-corrected chi connectivity index (χ2v) is 27.2. The molecule has 0 heterocycles. The van der Waals surface area contributed by atoms with Crippen LogP contribution in [0, 0.1) is 59.3 Å². The zero-order valence-electron chi connectivity index (χ0n) is 50.8. The van der Waals surface area contributed by atoms with Gasteiger partial charge in [-0.3, -0.25) is 0 Å². The third kappa shape index (κ3) is 19.8. The van der Waals surface area contributed by atoms with Crippen molar-refractivity contribution in [2.24, 2.45) is 29.6 Å². The summed E-state index contributed by atoms with van der Waals surface area (Å²) in [4.78, 5) is 2.39. The summed E-state index contributed by atoms with van der Waals surface area (Å²) < 4.78 is 0. The summed E-state index contributed by atoms with van der Waals surface area (Å²) in [6.45, 7) is 9.67. The number of hydrogen-bond acceptors (Lipinski definition) is 1. The second-order valence-electron chi connectivity index (χ2n) is 22.6. The predicted octanol–water partition coefficient (Wildman–Crippen LogP) is 19.5. The van der Waals surface area contributed by atoms with Crippen LogP contribution < -0.4 is 26.5 Å². The predicted molar refractivity (Wildman–Crippen MR) is 353 cm³/mol. The van der Waals surface area contributed by atoms with Crippen LogP contribution in [0.15, 0.2) is 206 Å². The van der Waals surface area contributed by atoms with Crippen LogP contribution in [0.2, 0.25) is 0 Å². The molecule has 80 heavy (non-hydrogen) atoms. The fourth-order valence-corrected chi connectivity index (χ4v) is 19.3. The van der Waals surface area contributed by atoms with E-state index in [4.69, 9.17) is 0 Å². The van der Waals surface area contributed by atoms with Crippen LogP contribution in [0.25, 0.3) is 0 Å². The summed E-state index contributed by atoms with van der Waals surface area (Å²) in [7, 11) is 3.59. The summed E-state index contributed by atoms with van der Waals surface area (Å²) >= 11 is 0. The molecule has 0 N–H and O–H groups in total. The van der Waals surface area contributed by atoms with Crippen molar-refractivity contribution >= 4 is 42.4 Å². The van der Waals surface area contributed by atoms with Gasteiger partial charge in [0.15, 0.2) is 0 Å². The van der Waals surface area contributed by atoms with Crippen LogP contribution in [0.3, 0.4) is 0 Å². The Morgan fingerprint density at radius 2 is 0.762 bits per heavy atom. The van der Waals surface area contributed by atoms with Gasteiger partial charge in [0.2, 0.25) is 0 Å². The first-order valence-corrected chi connectivity index (χ1v) is 31.7. The van der Waals surface area contributed by atoms with E-state index in [0.717, 1.165) is 35.2 Å². The van der Waals surface area contributed by atoms with Crippen molar-refractivity contribution < 1.29 is 34.1 Å². The third-order valence-corrected chi connectivity index (χ3v) is 22.7. The molecular weight excluding hydrogens is 1090 g/mol. The monoisotopic (exact) mass is 1190 g/mol. The second kappa shape index (κ2) is 38.3. The molecular formula is C75H101Fe2NP2. The molecule has 4 saturated carbocycles. The fraction of sp³-hybridized carbons (Fsp3) is 0.387. The molecule has 0 aromatic heterocycles. The molecule has 0 saturated heterocycles. The van der Waals surface area contributed by atoms with Gasteiger partial charge in [0.25, 0.3) is 0 Å². The molecule has 0 aliphatic heterocycles. The van der Waals surface area contributed by atoms with Gasteiger partial charge in [0, 0.05) is 6.04 Å². The van der Waals surface area contributed by atoms with E-state index < -0.39 is 7.92 Å². The van der Waals surface area contributed by atoms with E-state index in [1.165, 1.54) is 122 Å². The molecule has 7 aromatic carbocycles. The van der Waals surface area contributed by atoms with Gasteiger partial charge < -0.3 is 34.6 Å². The zero-order valence-corrected chi connectivity index (χ0v) is 54.8. The Balaban J connectivity index is 0.000000388. The summed E-state index contributed by atoms with van der Waals surface area (Å²) in [5.41, 5.74) is 5.35. The third-order valence-electron chi connectivity index (χ3n) is 17.2. The van der Waals surface area contributed by atoms with Crippen molar-refractivity contribution in [2.45, 2.75) is 141 Å². The molecule has 0 bridgehead atoms. The van der Waals surface area contributed by atoms with Crippen LogP contribution in [-0.4, -0.2) is 24.7 Å². The molecule has 4 fully saturated rings. The minimum absolute atomic E-state index is 0. The molecule has 0 amide bonds. The Bertz CT molecular complexity index is 2530. The number of nitrogens with zero attached hydrogens (tertiary/aromatic N) is 1. The van der Waals surface area contributed by atoms with E-state index in [9.17, 15) is 0 Å². The van der Waals surface area contributed by atoms with E-state index in [-0.39, 0.29) is 71.8 Å². The Hall–Kier alpha value is -3.60. The Morgan fingerprint density at radius 3 is 1.20 bits per heavy atom. The van der Waals surface area contributed by atoms with Crippen LogP contribution in [0.5, 0.6) is 0 Å². The first-order valence-electron chi connectivity index (χ1n) is 28.9. The molecule has 8 atom stereocenters. The number of benzene rings is 7. The van der Waals surface area contributed by atoms with E-state index in [0.29, 0.717) is 17.9 Å². The number of hydrogen-bond donors (Lipinski definition) is 0. The first-order chi connectivity index (χ1) is 36.3. The van der Waals surface area contributed by atoms with E-state index >= 15 is 0 Å². The fourth-order valence-electron chi connectivity index (χ4n) is 13.5. The minimum atomic E-state index is -0.521. The van der Waals surface area contributed by atoms with Crippen LogP contribution in [-0.2, 0) is 34.1 Å². The SMILES string of the molecule is C1CCCC1.CC(C)C1CCCC1c1ccccc1P(c1ccccc1)c1ccccc1.CC1CCCC1[C@H](c1ccccc1)N(C)C.C[C@@H](c1ccccc1)C1CCCC1P(c1ccccc1)c1ccccc1.[CH3-].[CH3-].[CH3-].[CH3-].[Fe+2].[Fe+2]. The van der Waals surface area contributed by atoms with Gasteiger partial charge in [-0.1, -0.05) is 292 Å². The summed E-state index contributed by atoms with van der Waals surface area (Å²) in [5.74, 6) is 5.37. The molecule has 0 radical (unpaired) electrons. The van der Waals surface area contributed by atoms with Crippen LogP contribution in [0.4, 0.5) is 0 Å². The average molecular weight is 1190 g/mol. The quantitative estimate of drug-likeness (QED) is 0.0632. The van der Waals surface area contributed by atoms with Gasteiger partial charge in [0.1, 0.15) is 0 Å². The molecule has 4 aliphatic rings. The van der Waals surface area contributed by atoms with Gasteiger partial charge in [-0.15, -0.1) is 0 Å². The number of rotatable bonds is 13. The van der Waals surface area contributed by atoms with Gasteiger partial charge in [-0.25, -0.2) is 0 Å². The Morgan fingerprint density at radius 1 is 0.388 bits per heavy atom. The zero-order chi connectivity index (χ0) is 51.5. The van der Waals surface area contributed by atoms with Gasteiger partial charge in [-0.2, -0.15) is 0 Å². The normalized spacial score (nSPS) is 20.4. The van der Waals surface area contributed by atoms with Gasteiger partial charge >= 0.3 is 34.1 Å². The van der Waals surface area contributed by atoms with E-state index in [1.807, 2.05) is 0 Å². The molecule has 4 aliphatic carbocycles. The first kappa shape index (κ1) is 72.5. The molecule has 432 valence electrons. The van der Waals surface area contributed by atoms with E-state index in [2.05, 4.69) is 253 Å². The molecule has 0 spiro atoms. The molecule has 6 unspecified atom stereocenters. The standard InChI is InChI=1S/C26H29P.C25H27P.C15H23N.C5H10.4CH3.2Fe/c1-20(2)23-17-11-18-24(23)25-16-9-10-19-26(25)27(21-12-5-3-6-13-21)22-14-7-4-8-15-22;1-20(21-12-5-2-6-13-21)24-18-11-19-25(24)26(22-14-7-3-8-15-22)23-16-9-4-10-17-23;1-12-8-7-11-14(12)15(16(2)3)13-9-5-4-6-10-13;1-2-4-5-3-1;;;;;;/h3-10,12-16,19-20,23-24H,11,17-18H2,1-2H3;2-10,12-17,20,24-25H,11,18-19H2,1H3;4-6,9-10,12,14-15H,7-8,11H2,1-3H3;1-5H2;4*1H3;;/q;;;;4*-1;2*+2/t;20-,24?,25?;12?,14?,15-;;;;;;;/m.00......./s1. The van der Waals surface area contributed by atoms with Crippen LogP contribution in [0.1, 0.15) is 152 Å². The van der Waals surface area contributed by atoms with E-state index in [1.54, 1.807) is 10.9 Å². The van der Waals surface area contributed by atoms with Crippen molar-refractivity contribution in [3.05, 3.63) is 253 Å². The maximum absolute atomic E-state index is 2.45. The van der Waals surface area contributed by atoms with Crippen molar-refractivity contribution in [3.63, 3.8) is 0 Å². The van der Waals surface area contributed by atoms with Crippen molar-refractivity contribution in [3.8, 4) is 0 Å². The Labute approximate surface area is 515 Å². The van der Waals surface area contributed by atoms with Gasteiger partial charge in [-0.05, 0) is 152 Å². The summed E-state index contributed by atoms with van der Waals surface area (Å²) in [5, 5.41) is 7.52. The summed E-state index contributed by atoms with van der Waals surface area (Å²) in [6.07, 6.45) is 19.9.